The number of rotatable bonds is 4. The van der Waals surface area contributed by atoms with Gasteiger partial charge in [-0.1, -0.05) is 13.0 Å². The van der Waals surface area contributed by atoms with Crippen molar-refractivity contribution in [3.05, 3.63) is 34.8 Å². The molecule has 0 N–H and O–H groups in total. The zero-order valence-corrected chi connectivity index (χ0v) is 15.6. The first kappa shape index (κ1) is 16.7. The van der Waals surface area contributed by atoms with Crippen molar-refractivity contribution in [3.63, 3.8) is 0 Å². The standard InChI is InChI=1S/C18H22N2OS2/c1-11-9-14-13(18-19-7-8-22-18)5-6-16(17(14)15(21)10-11)23-12(2)20(3)4/h5-8,11-12H,9-10H2,1-4H3. The molecule has 0 fully saturated rings. The van der Waals surface area contributed by atoms with Gasteiger partial charge in [-0.2, -0.15) is 0 Å². The number of fused-ring (bicyclic) bond motifs is 1. The molecule has 1 aliphatic rings. The van der Waals surface area contributed by atoms with Gasteiger partial charge >= 0.3 is 0 Å². The second-order valence-corrected chi connectivity index (χ2v) is 8.67. The second kappa shape index (κ2) is 6.75. The van der Waals surface area contributed by atoms with E-state index in [4.69, 9.17) is 0 Å². The van der Waals surface area contributed by atoms with E-state index >= 15 is 0 Å². The summed E-state index contributed by atoms with van der Waals surface area (Å²) in [4.78, 5) is 20.5. The molecule has 3 nitrogen and oxygen atoms in total. The molecule has 2 aromatic rings. The highest BCUT2D eigenvalue weighted by molar-refractivity contribution is 8.00. The minimum atomic E-state index is 0.283. The van der Waals surface area contributed by atoms with Crippen molar-refractivity contribution in [2.75, 3.05) is 14.1 Å². The summed E-state index contributed by atoms with van der Waals surface area (Å²) in [6.45, 7) is 4.33. The Kier molecular flexibility index (Phi) is 4.90. The van der Waals surface area contributed by atoms with E-state index in [0.29, 0.717) is 17.7 Å². The second-order valence-electron chi connectivity index (χ2n) is 6.42. The van der Waals surface area contributed by atoms with Crippen molar-refractivity contribution >= 4 is 28.9 Å². The van der Waals surface area contributed by atoms with E-state index in [1.54, 1.807) is 23.1 Å². The smallest absolute Gasteiger partial charge is 0.164 e. The van der Waals surface area contributed by atoms with Gasteiger partial charge in [0.25, 0.3) is 0 Å². The third-order valence-electron chi connectivity index (χ3n) is 4.33. The Morgan fingerprint density at radius 1 is 1.35 bits per heavy atom. The van der Waals surface area contributed by atoms with Crippen molar-refractivity contribution in [1.29, 1.82) is 0 Å². The van der Waals surface area contributed by atoms with E-state index in [1.807, 2.05) is 11.6 Å². The number of carbonyl (C=O) groups excluding carboxylic acids is 1. The highest BCUT2D eigenvalue weighted by atomic mass is 32.2. The number of ketones is 1. The number of hydrogen-bond acceptors (Lipinski definition) is 5. The van der Waals surface area contributed by atoms with E-state index in [1.165, 1.54) is 5.56 Å². The summed E-state index contributed by atoms with van der Waals surface area (Å²) < 4.78 is 0. The van der Waals surface area contributed by atoms with Gasteiger partial charge in [0.2, 0.25) is 0 Å². The van der Waals surface area contributed by atoms with Crippen LogP contribution in [0.15, 0.2) is 28.6 Å². The molecule has 0 saturated carbocycles. The number of carbonyl (C=O) groups is 1. The number of hydrogen-bond donors (Lipinski definition) is 0. The average Bonchev–Trinajstić information content (AvgIpc) is 3.00. The molecule has 122 valence electrons. The summed E-state index contributed by atoms with van der Waals surface area (Å²) in [5, 5.41) is 3.34. The Morgan fingerprint density at radius 2 is 2.13 bits per heavy atom. The first-order chi connectivity index (χ1) is 11.0. The molecule has 0 radical (unpaired) electrons. The number of Topliss-reactive ketones (excluding diaryl/α,β-unsaturated/α-hetero) is 1. The van der Waals surface area contributed by atoms with Crippen molar-refractivity contribution in [2.24, 2.45) is 5.92 Å². The summed E-state index contributed by atoms with van der Waals surface area (Å²) in [7, 11) is 4.13. The maximum Gasteiger partial charge on any atom is 0.164 e. The lowest BCUT2D eigenvalue weighted by Gasteiger charge is -2.27. The summed E-state index contributed by atoms with van der Waals surface area (Å²) in [6, 6.07) is 4.25. The molecular formula is C18H22N2OS2. The van der Waals surface area contributed by atoms with Gasteiger partial charge in [-0.25, -0.2) is 4.98 Å². The molecule has 0 saturated heterocycles. The van der Waals surface area contributed by atoms with E-state index in [9.17, 15) is 4.79 Å². The molecule has 1 aromatic heterocycles. The minimum absolute atomic E-state index is 0.283. The molecule has 1 aliphatic carbocycles. The van der Waals surface area contributed by atoms with Crippen molar-refractivity contribution < 1.29 is 4.79 Å². The van der Waals surface area contributed by atoms with E-state index < -0.39 is 0 Å². The maximum absolute atomic E-state index is 12.7. The van der Waals surface area contributed by atoms with Gasteiger partial charge in [-0.3, -0.25) is 9.69 Å². The molecular weight excluding hydrogens is 324 g/mol. The van der Waals surface area contributed by atoms with Gasteiger partial charge in [-0.15, -0.1) is 23.1 Å². The van der Waals surface area contributed by atoms with Crippen LogP contribution in [-0.2, 0) is 6.42 Å². The first-order valence-electron chi connectivity index (χ1n) is 7.89. The quantitative estimate of drug-likeness (QED) is 0.599. The fourth-order valence-electron chi connectivity index (χ4n) is 2.93. The van der Waals surface area contributed by atoms with Crippen LogP contribution in [0.3, 0.4) is 0 Å². The van der Waals surface area contributed by atoms with Crippen LogP contribution in [-0.4, -0.2) is 35.1 Å². The van der Waals surface area contributed by atoms with Crippen LogP contribution in [0.2, 0.25) is 0 Å². The number of thiazole rings is 1. The lowest BCUT2D eigenvalue weighted by atomic mass is 9.82. The van der Waals surface area contributed by atoms with Gasteiger partial charge in [0.1, 0.15) is 5.01 Å². The van der Waals surface area contributed by atoms with Crippen molar-refractivity contribution in [3.8, 4) is 10.6 Å². The fraction of sp³-hybridized carbons (Fsp3) is 0.444. The SMILES string of the molecule is CC1CC(=O)c2c(SC(C)N(C)C)ccc(-c3nccs3)c2C1. The molecule has 2 unspecified atom stereocenters. The molecule has 1 aromatic carbocycles. The zero-order chi connectivity index (χ0) is 16.6. The first-order valence-corrected chi connectivity index (χ1v) is 9.65. The van der Waals surface area contributed by atoms with Gasteiger partial charge in [0, 0.05) is 34.0 Å². The van der Waals surface area contributed by atoms with Gasteiger partial charge in [0.05, 0.1) is 5.37 Å². The zero-order valence-electron chi connectivity index (χ0n) is 14.0. The molecule has 0 spiro atoms. The minimum Gasteiger partial charge on any atom is -0.298 e. The predicted octanol–water partition coefficient (Wildman–Crippen LogP) is 4.57. The van der Waals surface area contributed by atoms with Crippen LogP contribution >= 0.6 is 23.1 Å². The average molecular weight is 347 g/mol. The lowest BCUT2D eigenvalue weighted by molar-refractivity contribution is 0.0950. The molecule has 0 amide bonds. The van der Waals surface area contributed by atoms with Gasteiger partial charge in [-0.05, 0) is 45.0 Å². The molecule has 2 atom stereocenters. The molecule has 5 heteroatoms. The van der Waals surface area contributed by atoms with Crippen LogP contribution in [0.5, 0.6) is 0 Å². The highest BCUT2D eigenvalue weighted by Gasteiger charge is 2.29. The summed E-state index contributed by atoms with van der Waals surface area (Å²) in [5.74, 6) is 0.686. The Morgan fingerprint density at radius 3 is 2.78 bits per heavy atom. The molecule has 3 rings (SSSR count). The Bertz CT molecular complexity index is 710. The molecule has 23 heavy (non-hydrogen) atoms. The van der Waals surface area contributed by atoms with Crippen molar-refractivity contribution in [2.45, 2.75) is 37.0 Å². The van der Waals surface area contributed by atoms with E-state index in [2.05, 4.69) is 50.0 Å². The summed E-state index contributed by atoms with van der Waals surface area (Å²) in [5.41, 5.74) is 3.27. The van der Waals surface area contributed by atoms with Crippen LogP contribution < -0.4 is 0 Å². The number of nitrogens with zero attached hydrogens (tertiary/aromatic N) is 2. The van der Waals surface area contributed by atoms with Crippen LogP contribution in [0, 0.1) is 5.92 Å². The topological polar surface area (TPSA) is 33.2 Å². The number of benzene rings is 1. The third-order valence-corrected chi connectivity index (χ3v) is 6.49. The van der Waals surface area contributed by atoms with Crippen LogP contribution in [0.4, 0.5) is 0 Å². The summed E-state index contributed by atoms with van der Waals surface area (Å²) in [6.07, 6.45) is 3.44. The third kappa shape index (κ3) is 3.37. The number of aromatic nitrogens is 1. The maximum atomic E-state index is 12.7. The molecule has 1 heterocycles. The molecule has 0 aliphatic heterocycles. The number of thioether (sulfide) groups is 1. The summed E-state index contributed by atoms with van der Waals surface area (Å²) >= 11 is 3.40. The fourth-order valence-corrected chi connectivity index (χ4v) is 4.70. The Hall–Kier alpha value is -1.17. The van der Waals surface area contributed by atoms with Gasteiger partial charge < -0.3 is 0 Å². The van der Waals surface area contributed by atoms with E-state index in [0.717, 1.165) is 27.5 Å². The normalized spacial score (nSPS) is 19.0. The Balaban J connectivity index is 2.10. The largest absolute Gasteiger partial charge is 0.298 e. The van der Waals surface area contributed by atoms with Crippen molar-refractivity contribution in [1.82, 2.24) is 9.88 Å². The Labute approximate surface area is 146 Å². The monoisotopic (exact) mass is 346 g/mol. The lowest BCUT2D eigenvalue weighted by Crippen LogP contribution is -2.23. The van der Waals surface area contributed by atoms with E-state index in [-0.39, 0.29) is 5.78 Å². The highest BCUT2D eigenvalue weighted by Crippen LogP contribution is 2.40. The van der Waals surface area contributed by atoms with Crippen LogP contribution in [0.1, 0.15) is 36.2 Å². The molecule has 0 bridgehead atoms. The van der Waals surface area contributed by atoms with Crippen LogP contribution in [0.25, 0.3) is 10.6 Å². The predicted molar refractivity (Wildman–Crippen MR) is 98.4 cm³/mol. The van der Waals surface area contributed by atoms with Gasteiger partial charge in [0.15, 0.2) is 5.78 Å².